The number of carbonyl (C=O) groups excluding carboxylic acids is 1. The number of thioether (sulfide) groups is 1. The largest absolute Gasteiger partial charge is 0.355 e. The Morgan fingerprint density at radius 2 is 2.14 bits per heavy atom. The molecule has 1 heterocycles. The highest BCUT2D eigenvalue weighted by Gasteiger charge is 2.06. The lowest BCUT2D eigenvalue weighted by Gasteiger charge is -2.04. The number of non-ortho nitro benzene ring substituents is 1. The van der Waals surface area contributed by atoms with Gasteiger partial charge >= 0.3 is 0 Å². The fraction of sp³-hybridized carbons (Fsp3) is 0.231. The number of nitro groups is 1. The summed E-state index contributed by atoms with van der Waals surface area (Å²) in [4.78, 5) is 29.6. The Morgan fingerprint density at radius 3 is 2.76 bits per heavy atom. The number of aromatic amines is 1. The number of nitrogens with one attached hydrogen (secondary N) is 2. The van der Waals surface area contributed by atoms with Crippen LogP contribution in [0.3, 0.4) is 0 Å². The number of nitro benzene ring substituents is 1. The molecule has 0 unspecified atom stereocenters. The Hall–Kier alpha value is -2.35. The predicted molar refractivity (Wildman–Crippen MR) is 79.1 cm³/mol. The van der Waals surface area contributed by atoms with Gasteiger partial charge in [0.15, 0.2) is 0 Å². The van der Waals surface area contributed by atoms with E-state index in [0.29, 0.717) is 13.0 Å². The molecule has 0 fully saturated rings. The third-order valence-corrected chi connectivity index (χ3v) is 3.67. The maximum Gasteiger partial charge on any atom is 0.269 e. The molecule has 8 heteroatoms. The first-order valence-electron chi connectivity index (χ1n) is 6.27. The van der Waals surface area contributed by atoms with E-state index in [1.165, 1.54) is 23.9 Å². The zero-order chi connectivity index (χ0) is 15.1. The number of benzene rings is 1. The Kier molecular flexibility index (Phi) is 5.33. The maximum absolute atomic E-state index is 11.6. The highest BCUT2D eigenvalue weighted by Crippen LogP contribution is 2.20. The number of aromatic nitrogens is 2. The Bertz CT molecular complexity index is 598. The number of amides is 1. The average molecular weight is 306 g/mol. The van der Waals surface area contributed by atoms with Gasteiger partial charge in [0.25, 0.3) is 5.69 Å². The molecular formula is C13H14N4O3S. The van der Waals surface area contributed by atoms with E-state index in [1.807, 2.05) is 0 Å². The van der Waals surface area contributed by atoms with Crippen LogP contribution in [-0.2, 0) is 11.2 Å². The summed E-state index contributed by atoms with van der Waals surface area (Å²) in [6.07, 6.45) is 4.06. The number of hydrogen-bond acceptors (Lipinski definition) is 5. The highest BCUT2D eigenvalue weighted by molar-refractivity contribution is 8.00. The van der Waals surface area contributed by atoms with Crippen LogP contribution in [0.4, 0.5) is 5.69 Å². The number of imidazole rings is 1. The molecule has 7 nitrogen and oxygen atoms in total. The molecule has 0 saturated carbocycles. The minimum Gasteiger partial charge on any atom is -0.355 e. The predicted octanol–water partition coefficient (Wildman–Crippen LogP) is 1.77. The van der Waals surface area contributed by atoms with Crippen molar-refractivity contribution in [3.63, 3.8) is 0 Å². The van der Waals surface area contributed by atoms with E-state index in [4.69, 9.17) is 0 Å². The summed E-state index contributed by atoms with van der Waals surface area (Å²) in [5, 5.41) is 13.3. The maximum atomic E-state index is 11.6. The van der Waals surface area contributed by atoms with E-state index in [0.717, 1.165) is 10.7 Å². The average Bonchev–Trinajstić information content (AvgIpc) is 2.99. The van der Waals surface area contributed by atoms with Gasteiger partial charge in [0, 0.05) is 42.4 Å². The molecule has 0 bridgehead atoms. The number of hydrogen-bond donors (Lipinski definition) is 2. The monoisotopic (exact) mass is 306 g/mol. The van der Waals surface area contributed by atoms with E-state index in [-0.39, 0.29) is 17.3 Å². The van der Waals surface area contributed by atoms with Crippen LogP contribution in [0.25, 0.3) is 0 Å². The summed E-state index contributed by atoms with van der Waals surface area (Å²) in [7, 11) is 0. The van der Waals surface area contributed by atoms with Gasteiger partial charge < -0.3 is 10.3 Å². The first-order chi connectivity index (χ1) is 10.1. The topological polar surface area (TPSA) is 101 Å². The number of H-pyrrole nitrogens is 1. The number of carbonyl (C=O) groups is 1. The smallest absolute Gasteiger partial charge is 0.269 e. The van der Waals surface area contributed by atoms with Crippen molar-refractivity contribution in [3.8, 4) is 0 Å². The molecule has 1 aromatic carbocycles. The molecule has 2 rings (SSSR count). The molecule has 0 atom stereocenters. The van der Waals surface area contributed by atoms with Crippen molar-refractivity contribution < 1.29 is 9.72 Å². The summed E-state index contributed by atoms with van der Waals surface area (Å²) in [5.41, 5.74) is 0.0437. The van der Waals surface area contributed by atoms with E-state index < -0.39 is 4.92 Å². The molecule has 2 aromatic rings. The molecule has 0 radical (unpaired) electrons. The molecule has 1 amide bonds. The van der Waals surface area contributed by atoms with Crippen molar-refractivity contribution >= 4 is 23.4 Å². The molecule has 0 aliphatic rings. The lowest BCUT2D eigenvalue weighted by molar-refractivity contribution is -0.384. The van der Waals surface area contributed by atoms with Gasteiger partial charge in [-0.3, -0.25) is 14.9 Å². The highest BCUT2D eigenvalue weighted by atomic mass is 32.2. The molecule has 21 heavy (non-hydrogen) atoms. The van der Waals surface area contributed by atoms with E-state index in [9.17, 15) is 14.9 Å². The molecule has 0 spiro atoms. The zero-order valence-electron chi connectivity index (χ0n) is 11.1. The molecule has 0 aliphatic heterocycles. The van der Waals surface area contributed by atoms with Crippen molar-refractivity contribution in [3.05, 3.63) is 52.6 Å². The second-order valence-corrected chi connectivity index (χ2v) is 5.22. The van der Waals surface area contributed by atoms with Gasteiger partial charge in [-0.05, 0) is 12.1 Å². The summed E-state index contributed by atoms with van der Waals surface area (Å²) in [5.74, 6) is 1.03. The summed E-state index contributed by atoms with van der Waals surface area (Å²) >= 11 is 1.34. The van der Waals surface area contributed by atoms with E-state index >= 15 is 0 Å². The van der Waals surface area contributed by atoms with E-state index in [2.05, 4.69) is 15.3 Å². The summed E-state index contributed by atoms with van der Waals surface area (Å²) < 4.78 is 0. The minimum atomic E-state index is -0.449. The summed E-state index contributed by atoms with van der Waals surface area (Å²) in [6, 6.07) is 6.13. The molecule has 2 N–H and O–H groups in total. The Balaban J connectivity index is 1.69. The van der Waals surface area contributed by atoms with Crippen LogP contribution in [0.5, 0.6) is 0 Å². The van der Waals surface area contributed by atoms with Gasteiger partial charge in [-0.1, -0.05) is 0 Å². The van der Waals surface area contributed by atoms with Crippen LogP contribution < -0.4 is 5.32 Å². The first kappa shape index (κ1) is 15.0. The molecule has 0 saturated heterocycles. The van der Waals surface area contributed by atoms with Gasteiger partial charge in [0.05, 0.1) is 10.7 Å². The second kappa shape index (κ2) is 7.44. The normalized spacial score (nSPS) is 10.3. The minimum absolute atomic E-state index is 0.0437. The van der Waals surface area contributed by atoms with Crippen LogP contribution in [0.2, 0.25) is 0 Å². The summed E-state index contributed by atoms with van der Waals surface area (Å²) in [6.45, 7) is 0.521. The van der Waals surface area contributed by atoms with Crippen LogP contribution in [0.1, 0.15) is 5.82 Å². The van der Waals surface area contributed by atoms with Gasteiger partial charge in [-0.25, -0.2) is 4.98 Å². The van der Waals surface area contributed by atoms with Crippen molar-refractivity contribution in [2.75, 3.05) is 12.3 Å². The molecular weight excluding hydrogens is 292 g/mol. The third-order valence-electron chi connectivity index (χ3n) is 2.66. The SMILES string of the molecule is O=C(CSc1ccc([N+](=O)[O-])cc1)NCCc1ncc[nH]1. The van der Waals surface area contributed by atoms with Crippen LogP contribution >= 0.6 is 11.8 Å². The molecule has 0 aliphatic carbocycles. The first-order valence-corrected chi connectivity index (χ1v) is 7.26. The fourth-order valence-electron chi connectivity index (χ4n) is 1.62. The lowest BCUT2D eigenvalue weighted by Crippen LogP contribution is -2.27. The van der Waals surface area contributed by atoms with Crippen molar-refractivity contribution in [2.24, 2.45) is 0 Å². The van der Waals surface area contributed by atoms with Crippen molar-refractivity contribution in [1.82, 2.24) is 15.3 Å². The van der Waals surface area contributed by atoms with Gasteiger partial charge in [-0.15, -0.1) is 11.8 Å². The Morgan fingerprint density at radius 1 is 1.38 bits per heavy atom. The van der Waals surface area contributed by atoms with Crippen molar-refractivity contribution in [1.29, 1.82) is 0 Å². The van der Waals surface area contributed by atoms with Crippen LogP contribution in [0.15, 0.2) is 41.6 Å². The number of nitrogens with zero attached hydrogens (tertiary/aromatic N) is 2. The van der Waals surface area contributed by atoms with Crippen LogP contribution in [0, 0.1) is 10.1 Å². The second-order valence-electron chi connectivity index (χ2n) is 4.18. The van der Waals surface area contributed by atoms with Gasteiger partial charge in [0.1, 0.15) is 5.82 Å². The van der Waals surface area contributed by atoms with Crippen LogP contribution in [-0.4, -0.2) is 33.1 Å². The fourth-order valence-corrected chi connectivity index (χ4v) is 2.35. The molecule has 1 aromatic heterocycles. The van der Waals surface area contributed by atoms with Gasteiger partial charge in [-0.2, -0.15) is 0 Å². The lowest BCUT2D eigenvalue weighted by atomic mass is 10.3. The standard InChI is InChI=1S/C13H14N4O3S/c18-13(16-6-5-12-14-7-8-15-12)9-21-11-3-1-10(2-4-11)17(19)20/h1-4,7-8H,5-6,9H2,(H,14,15)(H,16,18). The number of rotatable bonds is 7. The third kappa shape index (κ3) is 4.92. The molecule has 110 valence electrons. The van der Waals surface area contributed by atoms with Gasteiger partial charge in [0.2, 0.25) is 5.91 Å². The van der Waals surface area contributed by atoms with E-state index in [1.54, 1.807) is 24.5 Å². The Labute approximate surface area is 125 Å². The van der Waals surface area contributed by atoms with Crippen molar-refractivity contribution in [2.45, 2.75) is 11.3 Å². The quantitative estimate of drug-likeness (QED) is 0.461. The zero-order valence-corrected chi connectivity index (χ0v) is 11.9.